The Balaban J connectivity index is 1.96. The van der Waals surface area contributed by atoms with Gasteiger partial charge in [0, 0.05) is 23.4 Å². The Kier molecular flexibility index (Phi) is 4.16. The van der Waals surface area contributed by atoms with Crippen molar-refractivity contribution in [3.05, 3.63) is 51.5 Å². The van der Waals surface area contributed by atoms with Gasteiger partial charge in [-0.3, -0.25) is 4.79 Å². The van der Waals surface area contributed by atoms with Crippen LogP contribution in [-0.4, -0.2) is 12.5 Å². The number of thiophene rings is 1. The number of anilines is 1. The van der Waals surface area contributed by atoms with Crippen LogP contribution in [0.4, 0.5) is 10.1 Å². The molecule has 0 aliphatic carbocycles. The van der Waals surface area contributed by atoms with E-state index in [0.29, 0.717) is 17.8 Å². The van der Waals surface area contributed by atoms with Crippen molar-refractivity contribution in [3.63, 3.8) is 0 Å². The third-order valence-electron chi connectivity index (χ3n) is 2.93. The number of nitrogens with one attached hydrogen (secondary N) is 1. The number of hydrogen-bond donors (Lipinski definition) is 2. The van der Waals surface area contributed by atoms with Crippen LogP contribution in [0.25, 0.3) is 0 Å². The van der Waals surface area contributed by atoms with Crippen molar-refractivity contribution in [3.8, 4) is 0 Å². The summed E-state index contributed by atoms with van der Waals surface area (Å²) in [5, 5.41) is 6.79. The molecule has 0 saturated carbocycles. The van der Waals surface area contributed by atoms with Gasteiger partial charge in [0.25, 0.3) is 5.91 Å². The molecule has 3 nitrogen and oxygen atoms in total. The Morgan fingerprint density at radius 2 is 2.26 bits per heavy atom. The first-order valence-electron chi connectivity index (χ1n) is 5.93. The van der Waals surface area contributed by atoms with Gasteiger partial charge in [0.1, 0.15) is 5.82 Å². The molecule has 19 heavy (non-hydrogen) atoms. The molecule has 0 unspecified atom stereocenters. The molecule has 1 aromatic carbocycles. The van der Waals surface area contributed by atoms with Gasteiger partial charge in [-0.05, 0) is 47.9 Å². The number of carbonyl (C=O) groups is 1. The summed E-state index contributed by atoms with van der Waals surface area (Å²) in [6, 6.07) is 4.73. The average molecular weight is 278 g/mol. The molecule has 0 spiro atoms. The Labute approximate surface area is 115 Å². The van der Waals surface area contributed by atoms with Gasteiger partial charge >= 0.3 is 0 Å². The number of amides is 1. The number of hydrogen-bond acceptors (Lipinski definition) is 3. The van der Waals surface area contributed by atoms with E-state index in [9.17, 15) is 9.18 Å². The number of halogens is 1. The number of carbonyl (C=O) groups excluding carboxylic acids is 1. The fraction of sp³-hybridized carbons (Fsp3) is 0.214. The lowest BCUT2D eigenvalue weighted by Crippen LogP contribution is -2.25. The van der Waals surface area contributed by atoms with Crippen LogP contribution in [0.3, 0.4) is 0 Å². The molecule has 2 aromatic rings. The zero-order valence-electron chi connectivity index (χ0n) is 10.6. The number of nitrogens with two attached hydrogens (primary N) is 1. The lowest BCUT2D eigenvalue weighted by molar-refractivity contribution is 0.0953. The maximum absolute atomic E-state index is 13.5. The summed E-state index contributed by atoms with van der Waals surface area (Å²) in [5.74, 6) is -0.760. The van der Waals surface area contributed by atoms with Crippen LogP contribution in [-0.2, 0) is 6.42 Å². The molecule has 0 saturated heterocycles. The van der Waals surface area contributed by atoms with Crippen LogP contribution >= 0.6 is 11.3 Å². The standard InChI is InChI=1S/C14H15FN2OS/c1-9-12(15)6-11(7-13(9)16)14(18)17-4-2-10-3-5-19-8-10/h3,5-8H,2,4,16H2,1H3,(H,17,18). The van der Waals surface area contributed by atoms with Gasteiger partial charge in [-0.1, -0.05) is 0 Å². The minimum absolute atomic E-state index is 0.255. The summed E-state index contributed by atoms with van der Waals surface area (Å²) < 4.78 is 13.5. The molecular formula is C14H15FN2OS. The van der Waals surface area contributed by atoms with Crippen LogP contribution in [0.15, 0.2) is 29.0 Å². The second kappa shape index (κ2) is 5.84. The predicted octanol–water partition coefficient (Wildman–Crippen LogP) is 2.75. The molecule has 1 amide bonds. The van der Waals surface area contributed by atoms with E-state index in [1.54, 1.807) is 18.3 Å². The second-order valence-corrected chi connectivity index (χ2v) is 5.09. The number of rotatable bonds is 4. The van der Waals surface area contributed by atoms with Crippen LogP contribution in [0.2, 0.25) is 0 Å². The van der Waals surface area contributed by atoms with E-state index < -0.39 is 5.82 Å². The number of benzene rings is 1. The monoisotopic (exact) mass is 278 g/mol. The highest BCUT2D eigenvalue weighted by Gasteiger charge is 2.10. The molecule has 0 fully saturated rings. The maximum Gasteiger partial charge on any atom is 0.251 e. The predicted molar refractivity (Wildman–Crippen MR) is 75.9 cm³/mol. The van der Waals surface area contributed by atoms with Gasteiger partial charge in [-0.25, -0.2) is 4.39 Å². The van der Waals surface area contributed by atoms with Crippen LogP contribution in [0.1, 0.15) is 21.5 Å². The highest BCUT2D eigenvalue weighted by molar-refractivity contribution is 7.07. The first-order chi connectivity index (χ1) is 9.08. The summed E-state index contributed by atoms with van der Waals surface area (Å²) in [7, 11) is 0. The van der Waals surface area contributed by atoms with E-state index in [1.807, 2.05) is 16.8 Å². The van der Waals surface area contributed by atoms with E-state index >= 15 is 0 Å². The molecule has 0 radical (unpaired) electrons. The summed E-state index contributed by atoms with van der Waals surface area (Å²) in [6.45, 7) is 2.11. The molecule has 0 bridgehead atoms. The van der Waals surface area contributed by atoms with Gasteiger partial charge in [0.15, 0.2) is 0 Å². The van der Waals surface area contributed by atoms with Crippen LogP contribution in [0, 0.1) is 12.7 Å². The molecule has 2 rings (SSSR count). The Morgan fingerprint density at radius 1 is 1.47 bits per heavy atom. The smallest absolute Gasteiger partial charge is 0.251 e. The molecule has 1 aromatic heterocycles. The minimum atomic E-state index is -0.456. The topological polar surface area (TPSA) is 55.1 Å². The van der Waals surface area contributed by atoms with Crippen molar-refractivity contribution in [1.82, 2.24) is 5.32 Å². The average Bonchev–Trinajstić information content (AvgIpc) is 2.88. The van der Waals surface area contributed by atoms with Crippen molar-refractivity contribution in [2.24, 2.45) is 0 Å². The normalized spacial score (nSPS) is 10.4. The first-order valence-corrected chi connectivity index (χ1v) is 6.87. The molecule has 0 aliphatic rings. The zero-order chi connectivity index (χ0) is 13.8. The first kappa shape index (κ1) is 13.5. The lowest BCUT2D eigenvalue weighted by Gasteiger charge is -2.07. The summed E-state index contributed by atoms with van der Waals surface area (Å²) in [6.07, 6.45) is 0.763. The third kappa shape index (κ3) is 3.32. The largest absolute Gasteiger partial charge is 0.398 e. The molecule has 5 heteroatoms. The van der Waals surface area contributed by atoms with E-state index in [4.69, 9.17) is 5.73 Å². The van der Waals surface area contributed by atoms with Crippen molar-refractivity contribution in [2.45, 2.75) is 13.3 Å². The number of nitrogen functional groups attached to an aromatic ring is 1. The quantitative estimate of drug-likeness (QED) is 0.845. The Hall–Kier alpha value is -1.88. The molecule has 0 aliphatic heterocycles. The van der Waals surface area contributed by atoms with Gasteiger partial charge in [-0.2, -0.15) is 11.3 Å². The van der Waals surface area contributed by atoms with Crippen molar-refractivity contribution < 1.29 is 9.18 Å². The fourth-order valence-electron chi connectivity index (χ4n) is 1.69. The highest BCUT2D eigenvalue weighted by Crippen LogP contribution is 2.17. The lowest BCUT2D eigenvalue weighted by atomic mass is 10.1. The maximum atomic E-state index is 13.5. The van der Waals surface area contributed by atoms with Crippen LogP contribution in [0.5, 0.6) is 0 Å². The zero-order valence-corrected chi connectivity index (χ0v) is 11.4. The minimum Gasteiger partial charge on any atom is -0.398 e. The van der Waals surface area contributed by atoms with Gasteiger partial charge in [0.05, 0.1) is 0 Å². The van der Waals surface area contributed by atoms with E-state index in [-0.39, 0.29) is 11.5 Å². The molecule has 0 atom stereocenters. The molecular weight excluding hydrogens is 263 g/mol. The molecule has 3 N–H and O–H groups in total. The van der Waals surface area contributed by atoms with Crippen molar-refractivity contribution >= 4 is 22.9 Å². The van der Waals surface area contributed by atoms with E-state index in [2.05, 4.69) is 5.32 Å². The second-order valence-electron chi connectivity index (χ2n) is 4.31. The summed E-state index contributed by atoms with van der Waals surface area (Å²) >= 11 is 1.62. The molecule has 1 heterocycles. The highest BCUT2D eigenvalue weighted by atomic mass is 32.1. The van der Waals surface area contributed by atoms with Crippen LogP contribution < -0.4 is 11.1 Å². The van der Waals surface area contributed by atoms with Gasteiger partial charge in [-0.15, -0.1) is 0 Å². The van der Waals surface area contributed by atoms with Crippen molar-refractivity contribution in [2.75, 3.05) is 12.3 Å². The SMILES string of the molecule is Cc1c(N)cc(C(=O)NCCc2ccsc2)cc1F. The third-order valence-corrected chi connectivity index (χ3v) is 3.66. The van der Waals surface area contributed by atoms with Gasteiger partial charge in [0.2, 0.25) is 0 Å². The van der Waals surface area contributed by atoms with E-state index in [1.165, 1.54) is 17.7 Å². The summed E-state index contributed by atoms with van der Waals surface area (Å²) in [4.78, 5) is 11.9. The Morgan fingerprint density at radius 3 is 2.89 bits per heavy atom. The fourth-order valence-corrected chi connectivity index (χ4v) is 2.39. The molecule has 100 valence electrons. The Bertz CT molecular complexity index is 558. The van der Waals surface area contributed by atoms with Crippen molar-refractivity contribution in [1.29, 1.82) is 0 Å². The van der Waals surface area contributed by atoms with Gasteiger partial charge < -0.3 is 11.1 Å². The summed E-state index contributed by atoms with van der Waals surface area (Å²) in [5.41, 5.74) is 7.75. The van der Waals surface area contributed by atoms with E-state index in [0.717, 1.165) is 6.42 Å².